The third kappa shape index (κ3) is 3.64. The summed E-state index contributed by atoms with van der Waals surface area (Å²) in [4.78, 5) is 26.9. The third-order valence-electron chi connectivity index (χ3n) is 5.37. The van der Waals surface area contributed by atoms with E-state index in [0.717, 1.165) is 16.8 Å². The summed E-state index contributed by atoms with van der Waals surface area (Å²) < 4.78 is 1.67. The van der Waals surface area contributed by atoms with Crippen LogP contribution in [0.5, 0.6) is 0 Å². The monoisotopic (exact) mass is 389 g/mol. The molecule has 2 amide bonds. The molecular weight excluding hydrogens is 366 g/mol. The summed E-state index contributed by atoms with van der Waals surface area (Å²) in [5, 5.41) is 6.94. The normalized spacial score (nSPS) is 18.6. The van der Waals surface area contributed by atoms with E-state index in [-0.39, 0.29) is 0 Å². The number of anilines is 1. The van der Waals surface area contributed by atoms with Crippen molar-refractivity contribution in [2.45, 2.75) is 12.0 Å². The second-order valence-corrected chi connectivity index (χ2v) is 7.35. The first-order chi connectivity index (χ1) is 14.0. The SMILES string of the molecule is Cn1ncc(NC(=O)C(=O)N2CCC(N)(c3ccccc3)C2)c1-c1ccccc1. The van der Waals surface area contributed by atoms with Gasteiger partial charge in [0, 0.05) is 25.7 Å². The van der Waals surface area contributed by atoms with E-state index in [4.69, 9.17) is 5.73 Å². The van der Waals surface area contributed by atoms with Crippen LogP contribution in [0.4, 0.5) is 5.69 Å². The molecule has 7 nitrogen and oxygen atoms in total. The number of carbonyl (C=O) groups excluding carboxylic acids is 2. The lowest BCUT2D eigenvalue weighted by Crippen LogP contribution is -2.44. The molecule has 2 heterocycles. The number of nitrogens with one attached hydrogen (secondary N) is 1. The maximum absolute atomic E-state index is 12.8. The van der Waals surface area contributed by atoms with Crippen molar-refractivity contribution in [1.29, 1.82) is 0 Å². The lowest BCUT2D eigenvalue weighted by Gasteiger charge is -2.25. The smallest absolute Gasteiger partial charge is 0.314 e. The molecule has 1 atom stereocenters. The Bertz CT molecular complexity index is 1030. The average molecular weight is 389 g/mol. The first-order valence-corrected chi connectivity index (χ1v) is 9.50. The van der Waals surface area contributed by atoms with Crippen molar-refractivity contribution in [3.63, 3.8) is 0 Å². The van der Waals surface area contributed by atoms with Crippen LogP contribution in [0, 0.1) is 0 Å². The molecule has 29 heavy (non-hydrogen) atoms. The quantitative estimate of drug-likeness (QED) is 0.671. The lowest BCUT2D eigenvalue weighted by atomic mass is 9.90. The standard InChI is InChI=1S/C22H23N5O2/c1-26-19(16-8-4-2-5-9-16)18(14-24-26)25-20(28)21(29)27-13-12-22(23,15-27)17-10-6-3-7-11-17/h2-11,14H,12-13,15,23H2,1H3,(H,25,28). The fourth-order valence-corrected chi connectivity index (χ4v) is 3.80. The van der Waals surface area contributed by atoms with Crippen molar-refractivity contribution in [3.05, 3.63) is 72.4 Å². The number of hydrogen-bond acceptors (Lipinski definition) is 4. The van der Waals surface area contributed by atoms with E-state index in [1.165, 1.54) is 4.90 Å². The topological polar surface area (TPSA) is 93.2 Å². The molecule has 1 unspecified atom stereocenters. The lowest BCUT2D eigenvalue weighted by molar-refractivity contribution is -0.142. The number of likely N-dealkylation sites (tertiary alicyclic amines) is 1. The Morgan fingerprint density at radius 2 is 1.72 bits per heavy atom. The second kappa shape index (κ2) is 7.52. The van der Waals surface area contributed by atoms with Gasteiger partial charge in [0.2, 0.25) is 0 Å². The number of benzene rings is 2. The summed E-state index contributed by atoms with van der Waals surface area (Å²) >= 11 is 0. The zero-order valence-electron chi connectivity index (χ0n) is 16.2. The van der Waals surface area contributed by atoms with Gasteiger partial charge in [-0.25, -0.2) is 0 Å². The molecule has 1 saturated heterocycles. The molecule has 7 heteroatoms. The minimum atomic E-state index is -0.688. The molecule has 148 valence electrons. The number of rotatable bonds is 3. The van der Waals surface area contributed by atoms with Crippen molar-refractivity contribution in [2.24, 2.45) is 12.8 Å². The van der Waals surface area contributed by atoms with Gasteiger partial charge in [0.05, 0.1) is 23.1 Å². The molecule has 3 aromatic rings. The molecule has 0 radical (unpaired) electrons. The fraction of sp³-hybridized carbons (Fsp3) is 0.227. The van der Waals surface area contributed by atoms with Gasteiger partial charge in [0.1, 0.15) is 0 Å². The summed E-state index contributed by atoms with van der Waals surface area (Å²) in [5.74, 6) is -1.27. The Balaban J connectivity index is 1.49. The van der Waals surface area contributed by atoms with Crippen LogP contribution in [0.3, 0.4) is 0 Å². The number of carbonyl (C=O) groups is 2. The molecule has 4 rings (SSSR count). The molecular formula is C22H23N5O2. The Morgan fingerprint density at radius 1 is 1.07 bits per heavy atom. The minimum absolute atomic E-state index is 0.307. The van der Waals surface area contributed by atoms with E-state index < -0.39 is 17.4 Å². The Labute approximate surface area is 169 Å². The van der Waals surface area contributed by atoms with Crippen LogP contribution in [0.2, 0.25) is 0 Å². The summed E-state index contributed by atoms with van der Waals surface area (Å²) in [6.07, 6.45) is 2.16. The number of hydrogen-bond donors (Lipinski definition) is 2. The van der Waals surface area contributed by atoms with Crippen molar-refractivity contribution in [1.82, 2.24) is 14.7 Å². The highest BCUT2D eigenvalue weighted by molar-refractivity contribution is 6.39. The molecule has 1 aliphatic rings. The Kier molecular flexibility index (Phi) is 4.90. The van der Waals surface area contributed by atoms with E-state index in [1.807, 2.05) is 60.7 Å². The van der Waals surface area contributed by atoms with Gasteiger partial charge in [0.25, 0.3) is 0 Å². The first-order valence-electron chi connectivity index (χ1n) is 9.50. The van der Waals surface area contributed by atoms with Gasteiger partial charge in [-0.3, -0.25) is 14.3 Å². The average Bonchev–Trinajstić information content (AvgIpc) is 3.32. The summed E-state index contributed by atoms with van der Waals surface area (Å²) in [6, 6.07) is 19.3. The maximum atomic E-state index is 12.8. The van der Waals surface area contributed by atoms with E-state index in [0.29, 0.717) is 25.2 Å². The Morgan fingerprint density at radius 3 is 2.41 bits per heavy atom. The van der Waals surface area contributed by atoms with Gasteiger partial charge in [-0.1, -0.05) is 60.7 Å². The second-order valence-electron chi connectivity index (χ2n) is 7.35. The van der Waals surface area contributed by atoms with Gasteiger partial charge in [0.15, 0.2) is 0 Å². The van der Waals surface area contributed by atoms with Crippen LogP contribution in [0.25, 0.3) is 11.3 Å². The number of aromatic nitrogens is 2. The van der Waals surface area contributed by atoms with E-state index in [2.05, 4.69) is 10.4 Å². The summed E-state index contributed by atoms with van der Waals surface area (Å²) in [5.41, 5.74) is 9.00. The van der Waals surface area contributed by atoms with Crippen LogP contribution in [0.1, 0.15) is 12.0 Å². The van der Waals surface area contributed by atoms with Crippen LogP contribution >= 0.6 is 0 Å². The predicted octanol–water partition coefficient (Wildman–Crippen LogP) is 2.11. The Hall–Kier alpha value is -3.45. The zero-order chi connectivity index (χ0) is 20.4. The third-order valence-corrected chi connectivity index (χ3v) is 5.37. The van der Waals surface area contributed by atoms with E-state index >= 15 is 0 Å². The van der Waals surface area contributed by atoms with Gasteiger partial charge >= 0.3 is 11.8 Å². The van der Waals surface area contributed by atoms with E-state index in [9.17, 15) is 9.59 Å². The van der Waals surface area contributed by atoms with Gasteiger partial charge in [-0.2, -0.15) is 5.10 Å². The molecule has 0 saturated carbocycles. The largest absolute Gasteiger partial charge is 0.332 e. The van der Waals surface area contributed by atoms with Gasteiger partial charge in [-0.15, -0.1) is 0 Å². The van der Waals surface area contributed by atoms with E-state index in [1.54, 1.807) is 17.9 Å². The molecule has 3 N–H and O–H groups in total. The summed E-state index contributed by atoms with van der Waals surface area (Å²) in [6.45, 7) is 0.748. The molecule has 1 aliphatic heterocycles. The molecule has 0 aliphatic carbocycles. The minimum Gasteiger partial charge on any atom is -0.332 e. The molecule has 1 fully saturated rings. The first kappa shape index (κ1) is 18.9. The van der Waals surface area contributed by atoms with Crippen LogP contribution < -0.4 is 11.1 Å². The molecule has 0 bridgehead atoms. The number of nitrogens with zero attached hydrogens (tertiary/aromatic N) is 3. The van der Waals surface area contributed by atoms with Crippen molar-refractivity contribution in [3.8, 4) is 11.3 Å². The zero-order valence-corrected chi connectivity index (χ0v) is 16.2. The molecule has 1 aromatic heterocycles. The summed E-state index contributed by atoms with van der Waals surface area (Å²) in [7, 11) is 1.79. The molecule has 0 spiro atoms. The highest BCUT2D eigenvalue weighted by Crippen LogP contribution is 2.30. The number of amides is 2. The van der Waals surface area contributed by atoms with Gasteiger partial charge < -0.3 is 16.0 Å². The fourth-order valence-electron chi connectivity index (χ4n) is 3.80. The highest BCUT2D eigenvalue weighted by atomic mass is 16.2. The van der Waals surface area contributed by atoms with Crippen LogP contribution in [-0.4, -0.2) is 39.6 Å². The van der Waals surface area contributed by atoms with Crippen molar-refractivity contribution >= 4 is 17.5 Å². The predicted molar refractivity (Wildman–Crippen MR) is 111 cm³/mol. The van der Waals surface area contributed by atoms with Crippen molar-refractivity contribution < 1.29 is 9.59 Å². The van der Waals surface area contributed by atoms with Gasteiger partial charge in [-0.05, 0) is 12.0 Å². The highest BCUT2D eigenvalue weighted by Gasteiger charge is 2.39. The maximum Gasteiger partial charge on any atom is 0.314 e. The number of nitrogens with two attached hydrogens (primary N) is 1. The van der Waals surface area contributed by atoms with Crippen LogP contribution in [-0.2, 0) is 22.2 Å². The van der Waals surface area contributed by atoms with Crippen LogP contribution in [0.15, 0.2) is 66.9 Å². The molecule has 2 aromatic carbocycles. The van der Waals surface area contributed by atoms with Crippen molar-refractivity contribution in [2.75, 3.05) is 18.4 Å². The number of aryl methyl sites for hydroxylation is 1.